The molecule has 2 N–H and O–H groups in total. The predicted molar refractivity (Wildman–Crippen MR) is 63.1 cm³/mol. The van der Waals surface area contributed by atoms with Gasteiger partial charge in [0.2, 0.25) is 0 Å². The summed E-state index contributed by atoms with van der Waals surface area (Å²) < 4.78 is 12.9. The van der Waals surface area contributed by atoms with Gasteiger partial charge in [0, 0.05) is 12.6 Å². The molecule has 0 amide bonds. The molecule has 1 unspecified atom stereocenters. The van der Waals surface area contributed by atoms with Gasteiger partial charge >= 0.3 is 0 Å². The van der Waals surface area contributed by atoms with Gasteiger partial charge in [0.05, 0.1) is 11.6 Å². The number of rotatable bonds is 2. The largest absolute Gasteiger partial charge is 0.352 e. The number of benzene rings is 1. The zero-order valence-corrected chi connectivity index (χ0v) is 9.68. The lowest BCUT2D eigenvalue weighted by atomic mass is 10.2. The maximum Gasteiger partial charge on any atom is 0.191 e. The molecule has 0 spiro atoms. The van der Waals surface area contributed by atoms with E-state index in [-0.39, 0.29) is 5.02 Å². The fraction of sp³-hybridized carbons (Fsp3) is 0.364. The Kier molecular flexibility index (Phi) is 3.29. The Morgan fingerprint density at radius 2 is 2.44 bits per heavy atom. The van der Waals surface area contributed by atoms with Crippen molar-refractivity contribution in [3.63, 3.8) is 0 Å². The zero-order chi connectivity index (χ0) is 11.5. The fourth-order valence-corrected chi connectivity index (χ4v) is 1.70. The number of hydrogen-bond acceptors (Lipinski definition) is 3. The van der Waals surface area contributed by atoms with E-state index in [1.165, 1.54) is 6.07 Å². The third-order valence-electron chi connectivity index (χ3n) is 2.35. The first-order chi connectivity index (χ1) is 7.65. The molecule has 0 fully saturated rings. The second kappa shape index (κ2) is 4.70. The summed E-state index contributed by atoms with van der Waals surface area (Å²) in [6, 6.07) is 5.06. The lowest BCUT2D eigenvalue weighted by Crippen LogP contribution is -2.37. The van der Waals surface area contributed by atoms with E-state index in [1.54, 1.807) is 12.1 Å². The van der Waals surface area contributed by atoms with Gasteiger partial charge < -0.3 is 10.6 Å². The molecule has 1 atom stereocenters. The summed E-state index contributed by atoms with van der Waals surface area (Å²) in [7, 11) is 0. The van der Waals surface area contributed by atoms with Crippen LogP contribution >= 0.6 is 11.6 Å². The summed E-state index contributed by atoms with van der Waals surface area (Å²) in [6.07, 6.45) is 0. The van der Waals surface area contributed by atoms with Crippen LogP contribution in [0.2, 0.25) is 5.02 Å². The van der Waals surface area contributed by atoms with Gasteiger partial charge in [-0.3, -0.25) is 4.99 Å². The van der Waals surface area contributed by atoms with Crippen molar-refractivity contribution in [2.45, 2.75) is 19.5 Å². The highest BCUT2D eigenvalue weighted by Crippen LogP contribution is 2.15. The molecule has 0 radical (unpaired) electrons. The number of guanidine groups is 1. The van der Waals surface area contributed by atoms with E-state index in [2.05, 4.69) is 22.5 Å². The third-order valence-corrected chi connectivity index (χ3v) is 2.64. The normalized spacial score (nSPS) is 19.2. The van der Waals surface area contributed by atoms with Crippen LogP contribution in [0.15, 0.2) is 23.2 Å². The van der Waals surface area contributed by atoms with Crippen LogP contribution in [0.4, 0.5) is 4.39 Å². The molecule has 0 aromatic heterocycles. The summed E-state index contributed by atoms with van der Waals surface area (Å²) in [6.45, 7) is 3.43. The highest BCUT2D eigenvalue weighted by Gasteiger charge is 2.11. The van der Waals surface area contributed by atoms with Gasteiger partial charge in [0.15, 0.2) is 5.96 Å². The lowest BCUT2D eigenvalue weighted by Gasteiger charge is -2.09. The molecule has 0 saturated heterocycles. The van der Waals surface area contributed by atoms with Crippen LogP contribution in [-0.2, 0) is 6.54 Å². The third kappa shape index (κ3) is 2.64. The van der Waals surface area contributed by atoms with Crippen molar-refractivity contribution in [3.8, 4) is 0 Å². The van der Waals surface area contributed by atoms with Crippen LogP contribution in [0, 0.1) is 5.82 Å². The number of nitrogens with zero attached hydrogens (tertiary/aromatic N) is 1. The van der Waals surface area contributed by atoms with Gasteiger partial charge in [-0.05, 0) is 24.6 Å². The maximum atomic E-state index is 12.9. The summed E-state index contributed by atoms with van der Waals surface area (Å²) in [5.74, 6) is 0.392. The second-order valence-corrected chi connectivity index (χ2v) is 4.24. The number of hydrogen-bond donors (Lipinski definition) is 2. The zero-order valence-electron chi connectivity index (χ0n) is 8.93. The van der Waals surface area contributed by atoms with Gasteiger partial charge in [-0.25, -0.2) is 4.39 Å². The monoisotopic (exact) mass is 241 g/mol. The Labute approximate surface area is 98.7 Å². The van der Waals surface area contributed by atoms with Crippen LogP contribution in [0.1, 0.15) is 12.5 Å². The van der Waals surface area contributed by atoms with Gasteiger partial charge in [0.25, 0.3) is 0 Å². The topological polar surface area (TPSA) is 36.4 Å². The highest BCUT2D eigenvalue weighted by atomic mass is 35.5. The SMILES string of the molecule is CC1CN=C(NCc2ccc(F)c(Cl)c2)N1. The molecule has 86 valence electrons. The number of halogens is 2. The second-order valence-electron chi connectivity index (χ2n) is 3.84. The van der Waals surface area contributed by atoms with Crippen molar-refractivity contribution in [2.24, 2.45) is 4.99 Å². The van der Waals surface area contributed by atoms with E-state index < -0.39 is 5.82 Å². The van der Waals surface area contributed by atoms with Crippen molar-refractivity contribution in [3.05, 3.63) is 34.6 Å². The van der Waals surface area contributed by atoms with Gasteiger partial charge in [-0.1, -0.05) is 17.7 Å². The first-order valence-electron chi connectivity index (χ1n) is 5.14. The minimum Gasteiger partial charge on any atom is -0.352 e. The summed E-state index contributed by atoms with van der Waals surface area (Å²) in [4.78, 5) is 4.26. The molecular weight excluding hydrogens is 229 g/mol. The highest BCUT2D eigenvalue weighted by molar-refractivity contribution is 6.30. The molecule has 5 heteroatoms. The lowest BCUT2D eigenvalue weighted by molar-refractivity contribution is 0.627. The molecule has 0 saturated carbocycles. The molecular formula is C11H13ClFN3. The van der Waals surface area contributed by atoms with Crippen LogP contribution in [-0.4, -0.2) is 18.5 Å². The van der Waals surface area contributed by atoms with E-state index in [9.17, 15) is 4.39 Å². The summed E-state index contributed by atoms with van der Waals surface area (Å²) in [5, 5.41) is 6.46. The molecule has 1 aliphatic heterocycles. The van der Waals surface area contributed by atoms with Crippen LogP contribution < -0.4 is 10.6 Å². The van der Waals surface area contributed by atoms with E-state index >= 15 is 0 Å². The predicted octanol–water partition coefficient (Wildman–Crippen LogP) is 1.92. The average molecular weight is 242 g/mol. The van der Waals surface area contributed by atoms with E-state index in [4.69, 9.17) is 11.6 Å². The molecule has 16 heavy (non-hydrogen) atoms. The quantitative estimate of drug-likeness (QED) is 0.830. The van der Waals surface area contributed by atoms with Crippen molar-refractivity contribution in [1.82, 2.24) is 10.6 Å². The number of nitrogens with one attached hydrogen (secondary N) is 2. The van der Waals surface area contributed by atoms with Crippen molar-refractivity contribution < 1.29 is 4.39 Å². The fourth-order valence-electron chi connectivity index (χ4n) is 1.50. The molecule has 1 aromatic carbocycles. The number of aliphatic imine (C=N–C) groups is 1. The van der Waals surface area contributed by atoms with Crippen LogP contribution in [0.3, 0.4) is 0 Å². The first-order valence-corrected chi connectivity index (χ1v) is 5.52. The minimum absolute atomic E-state index is 0.147. The van der Waals surface area contributed by atoms with Crippen molar-refractivity contribution in [1.29, 1.82) is 0 Å². The smallest absolute Gasteiger partial charge is 0.191 e. The average Bonchev–Trinajstić information content (AvgIpc) is 2.66. The van der Waals surface area contributed by atoms with E-state index in [1.807, 2.05) is 0 Å². The van der Waals surface area contributed by atoms with Crippen LogP contribution in [0.25, 0.3) is 0 Å². The standard InChI is InChI=1S/C11H13ClFN3/c1-7-5-14-11(16-7)15-6-8-2-3-10(13)9(12)4-8/h2-4,7H,5-6H2,1H3,(H2,14,15,16). The van der Waals surface area contributed by atoms with Crippen molar-refractivity contribution in [2.75, 3.05) is 6.54 Å². The first kappa shape index (κ1) is 11.2. The Morgan fingerprint density at radius 3 is 3.06 bits per heavy atom. The summed E-state index contributed by atoms with van der Waals surface area (Å²) >= 11 is 5.68. The van der Waals surface area contributed by atoms with Gasteiger partial charge in [0.1, 0.15) is 5.82 Å². The molecule has 1 heterocycles. The Balaban J connectivity index is 1.92. The molecule has 0 aliphatic carbocycles. The van der Waals surface area contributed by atoms with Crippen LogP contribution in [0.5, 0.6) is 0 Å². The Morgan fingerprint density at radius 1 is 1.62 bits per heavy atom. The summed E-state index contributed by atoms with van der Waals surface area (Å²) in [5.41, 5.74) is 0.926. The minimum atomic E-state index is -0.393. The van der Waals surface area contributed by atoms with Gasteiger partial charge in [-0.15, -0.1) is 0 Å². The van der Waals surface area contributed by atoms with Crippen molar-refractivity contribution >= 4 is 17.6 Å². The Hall–Kier alpha value is -1.29. The molecule has 2 rings (SSSR count). The molecule has 3 nitrogen and oxygen atoms in total. The van der Waals surface area contributed by atoms with E-state index in [0.29, 0.717) is 12.6 Å². The molecule has 1 aromatic rings. The molecule has 1 aliphatic rings. The Bertz CT molecular complexity index is 420. The van der Waals surface area contributed by atoms with E-state index in [0.717, 1.165) is 18.1 Å². The maximum absolute atomic E-state index is 12.9. The van der Waals surface area contributed by atoms with Gasteiger partial charge in [-0.2, -0.15) is 0 Å². The molecule has 0 bridgehead atoms.